The third-order valence-corrected chi connectivity index (χ3v) is 3.39. The second-order valence-corrected chi connectivity index (χ2v) is 5.31. The maximum atomic E-state index is 11.6. The smallest absolute Gasteiger partial charge is 0.307 e. The summed E-state index contributed by atoms with van der Waals surface area (Å²) in [6, 6.07) is 7.45. The van der Waals surface area contributed by atoms with E-state index in [2.05, 4.69) is 5.32 Å². The third kappa shape index (κ3) is 4.46. The summed E-state index contributed by atoms with van der Waals surface area (Å²) in [5.41, 5.74) is 1.06. The molecular weight excluding hydrogens is 274 g/mol. The summed E-state index contributed by atoms with van der Waals surface area (Å²) in [5.74, 6) is -1.65. The van der Waals surface area contributed by atoms with E-state index in [1.54, 1.807) is 6.07 Å². The van der Waals surface area contributed by atoms with Gasteiger partial charge in [0.25, 0.3) is 0 Å². The molecule has 0 aromatic heterocycles. The van der Waals surface area contributed by atoms with Crippen molar-refractivity contribution in [3.8, 4) is 5.75 Å². The van der Waals surface area contributed by atoms with E-state index in [0.29, 0.717) is 12.2 Å². The Morgan fingerprint density at radius 1 is 1.43 bits per heavy atom. The molecule has 1 aromatic carbocycles. The lowest BCUT2D eigenvalue weighted by molar-refractivity contribution is -0.140. The topological polar surface area (TPSA) is 95.9 Å². The Labute approximate surface area is 122 Å². The highest BCUT2D eigenvalue weighted by molar-refractivity contribution is 5.89. The van der Waals surface area contributed by atoms with Crippen molar-refractivity contribution < 1.29 is 24.5 Å². The van der Waals surface area contributed by atoms with Crippen LogP contribution in [0.3, 0.4) is 0 Å². The maximum Gasteiger partial charge on any atom is 0.307 e. The summed E-state index contributed by atoms with van der Waals surface area (Å²) in [7, 11) is 0. The second-order valence-electron chi connectivity index (χ2n) is 5.31. The van der Waals surface area contributed by atoms with Crippen molar-refractivity contribution in [2.75, 3.05) is 13.2 Å². The Morgan fingerprint density at radius 3 is 2.81 bits per heavy atom. The van der Waals surface area contributed by atoms with Gasteiger partial charge in [-0.15, -0.1) is 0 Å². The fraction of sp³-hybridized carbons (Fsp3) is 0.467. The number of amides is 1. The van der Waals surface area contributed by atoms with Gasteiger partial charge < -0.3 is 20.3 Å². The molecule has 0 aliphatic heterocycles. The number of carboxylic acids is 1. The molecule has 0 radical (unpaired) electrons. The first kappa shape index (κ1) is 15.3. The molecule has 1 aliphatic rings. The van der Waals surface area contributed by atoms with Gasteiger partial charge in [-0.25, -0.2) is 0 Å². The fourth-order valence-corrected chi connectivity index (χ4v) is 2.06. The van der Waals surface area contributed by atoms with Crippen molar-refractivity contribution in [1.29, 1.82) is 0 Å². The minimum absolute atomic E-state index is 0.0491. The van der Waals surface area contributed by atoms with Crippen molar-refractivity contribution in [2.45, 2.75) is 19.4 Å². The van der Waals surface area contributed by atoms with Crippen molar-refractivity contribution in [3.63, 3.8) is 0 Å². The number of hydrogen-bond donors (Lipinski definition) is 3. The molecule has 114 valence electrons. The predicted molar refractivity (Wildman–Crippen MR) is 74.9 cm³/mol. The molecule has 1 aromatic rings. The van der Waals surface area contributed by atoms with Gasteiger partial charge in [0.2, 0.25) is 5.91 Å². The Morgan fingerprint density at radius 2 is 2.19 bits per heavy atom. The van der Waals surface area contributed by atoms with Crippen molar-refractivity contribution in [3.05, 3.63) is 29.8 Å². The highest BCUT2D eigenvalue weighted by Crippen LogP contribution is 2.38. The molecule has 6 heteroatoms. The zero-order valence-corrected chi connectivity index (χ0v) is 11.8. The second kappa shape index (κ2) is 6.58. The van der Waals surface area contributed by atoms with Crippen molar-refractivity contribution in [2.24, 2.45) is 11.8 Å². The highest BCUT2D eigenvalue weighted by atomic mass is 16.5. The molecule has 0 heterocycles. The number of carbonyl (C=O) groups excluding carboxylic acids is 1. The normalized spacial score (nSPS) is 21.4. The Kier molecular flexibility index (Phi) is 4.80. The van der Waals surface area contributed by atoms with Crippen molar-refractivity contribution in [1.82, 2.24) is 5.32 Å². The van der Waals surface area contributed by atoms with Gasteiger partial charge >= 0.3 is 5.97 Å². The Bertz CT molecular complexity index is 531. The largest absolute Gasteiger partial charge is 0.491 e. The lowest BCUT2D eigenvalue weighted by Crippen LogP contribution is -2.36. The zero-order chi connectivity index (χ0) is 15.4. The lowest BCUT2D eigenvalue weighted by Gasteiger charge is -2.13. The van der Waals surface area contributed by atoms with Crippen LogP contribution in [-0.2, 0) is 9.59 Å². The van der Waals surface area contributed by atoms with E-state index in [4.69, 9.17) is 9.84 Å². The van der Waals surface area contributed by atoms with E-state index in [1.807, 2.05) is 25.1 Å². The van der Waals surface area contributed by atoms with Crippen LogP contribution in [0.5, 0.6) is 5.75 Å². The summed E-state index contributed by atoms with van der Waals surface area (Å²) in [6.45, 7) is 2.06. The molecule has 6 nitrogen and oxygen atoms in total. The van der Waals surface area contributed by atoms with E-state index in [0.717, 1.165) is 5.56 Å². The number of carboxylic acid groups (broad SMARTS) is 1. The standard InChI is InChI=1S/C15H19NO5/c1-9-3-2-4-11(5-9)21-8-10(17)7-16-14(18)12-6-13(12)15(19)20/h2-5,10,12-13,17H,6-8H2,1H3,(H,16,18)(H,19,20)/t10-,12+,13+/m1/s1. The third-order valence-electron chi connectivity index (χ3n) is 3.39. The molecule has 3 atom stereocenters. The molecule has 3 N–H and O–H groups in total. The summed E-state index contributed by atoms with van der Waals surface area (Å²) >= 11 is 0. The number of carbonyl (C=O) groups is 2. The number of benzene rings is 1. The van der Waals surface area contributed by atoms with Gasteiger partial charge in [0.05, 0.1) is 11.8 Å². The quantitative estimate of drug-likeness (QED) is 0.683. The first-order valence-corrected chi connectivity index (χ1v) is 6.85. The van der Waals surface area contributed by atoms with Gasteiger partial charge in [-0.05, 0) is 31.0 Å². The average Bonchev–Trinajstić information content (AvgIpc) is 3.23. The average molecular weight is 293 g/mol. The molecule has 2 rings (SSSR count). The zero-order valence-electron chi connectivity index (χ0n) is 11.8. The van der Waals surface area contributed by atoms with Crippen LogP contribution in [0.15, 0.2) is 24.3 Å². The highest BCUT2D eigenvalue weighted by Gasteiger charge is 2.48. The lowest BCUT2D eigenvalue weighted by atomic mass is 10.2. The number of nitrogens with one attached hydrogen (secondary N) is 1. The number of aliphatic carboxylic acids is 1. The minimum Gasteiger partial charge on any atom is -0.491 e. The summed E-state index contributed by atoms with van der Waals surface area (Å²) in [5, 5.41) is 21.0. The molecule has 0 spiro atoms. The van der Waals surface area contributed by atoms with E-state index < -0.39 is 23.9 Å². The monoisotopic (exact) mass is 293 g/mol. The van der Waals surface area contributed by atoms with E-state index in [-0.39, 0.29) is 19.1 Å². The number of aliphatic hydroxyl groups is 1. The van der Waals surface area contributed by atoms with Gasteiger partial charge in [0.1, 0.15) is 18.5 Å². The summed E-state index contributed by atoms with van der Waals surface area (Å²) in [6.07, 6.45) is -0.465. The van der Waals surface area contributed by atoms with Crippen LogP contribution in [0, 0.1) is 18.8 Å². The maximum absolute atomic E-state index is 11.6. The number of ether oxygens (including phenoxy) is 1. The van der Waals surface area contributed by atoms with Crippen molar-refractivity contribution >= 4 is 11.9 Å². The fourth-order valence-electron chi connectivity index (χ4n) is 2.06. The van der Waals surface area contributed by atoms with Gasteiger partial charge in [-0.2, -0.15) is 0 Å². The summed E-state index contributed by atoms with van der Waals surface area (Å²) < 4.78 is 5.42. The van der Waals surface area contributed by atoms with Crippen LogP contribution in [0.1, 0.15) is 12.0 Å². The number of aliphatic hydroxyl groups excluding tert-OH is 1. The molecule has 1 fully saturated rings. The Hall–Kier alpha value is -2.08. The minimum atomic E-state index is -0.946. The van der Waals surface area contributed by atoms with E-state index >= 15 is 0 Å². The first-order chi connectivity index (χ1) is 9.97. The van der Waals surface area contributed by atoms with Crippen LogP contribution < -0.4 is 10.1 Å². The molecule has 1 amide bonds. The molecule has 1 aliphatic carbocycles. The van der Waals surface area contributed by atoms with Crippen LogP contribution in [0.25, 0.3) is 0 Å². The molecule has 1 saturated carbocycles. The molecular formula is C15H19NO5. The molecule has 0 bridgehead atoms. The molecule has 0 saturated heterocycles. The van der Waals surface area contributed by atoms with Gasteiger partial charge in [0, 0.05) is 6.54 Å². The van der Waals surface area contributed by atoms with Crippen LogP contribution in [-0.4, -0.2) is 41.3 Å². The number of aryl methyl sites for hydroxylation is 1. The molecule has 0 unspecified atom stereocenters. The van der Waals surface area contributed by atoms with Crippen LogP contribution in [0.2, 0.25) is 0 Å². The number of rotatable bonds is 7. The van der Waals surface area contributed by atoms with E-state index in [1.165, 1.54) is 0 Å². The molecule has 21 heavy (non-hydrogen) atoms. The van der Waals surface area contributed by atoms with Crippen LogP contribution in [0.4, 0.5) is 0 Å². The Balaban J connectivity index is 1.67. The van der Waals surface area contributed by atoms with Gasteiger partial charge in [-0.3, -0.25) is 9.59 Å². The predicted octanol–water partition coefficient (Wildman–Crippen LogP) is 0.572. The van der Waals surface area contributed by atoms with E-state index in [9.17, 15) is 14.7 Å². The van der Waals surface area contributed by atoms with Gasteiger partial charge in [0.15, 0.2) is 0 Å². The number of hydrogen-bond acceptors (Lipinski definition) is 4. The van der Waals surface area contributed by atoms with Crippen LogP contribution >= 0.6 is 0 Å². The SMILES string of the molecule is Cc1cccc(OC[C@H](O)CNC(=O)[C@H]2C[C@@H]2C(=O)O)c1. The first-order valence-electron chi connectivity index (χ1n) is 6.85. The summed E-state index contributed by atoms with van der Waals surface area (Å²) in [4.78, 5) is 22.3. The van der Waals surface area contributed by atoms with Gasteiger partial charge in [-0.1, -0.05) is 12.1 Å².